The van der Waals surface area contributed by atoms with E-state index in [0.717, 1.165) is 0 Å². The maximum Gasteiger partial charge on any atom is 0.384 e. The van der Waals surface area contributed by atoms with E-state index in [0.29, 0.717) is 0 Å². The number of rotatable bonds is 3. The van der Waals surface area contributed by atoms with Crippen molar-refractivity contribution >= 4 is 5.97 Å². The first-order valence-electron chi connectivity index (χ1n) is 3.16. The van der Waals surface area contributed by atoms with E-state index >= 15 is 0 Å². The average molecular weight is 154 g/mol. The van der Waals surface area contributed by atoms with Crippen molar-refractivity contribution in [3.8, 4) is 11.8 Å². The van der Waals surface area contributed by atoms with Crippen LogP contribution in [0.2, 0.25) is 0 Å². The Balaban J connectivity index is 3.44. The highest BCUT2D eigenvalue weighted by Crippen LogP contribution is 1.78. The van der Waals surface area contributed by atoms with Crippen LogP contribution in [0.4, 0.5) is 0 Å². The van der Waals surface area contributed by atoms with E-state index < -0.39 is 5.97 Å². The number of esters is 1. The molecule has 0 rings (SSSR count). The summed E-state index contributed by atoms with van der Waals surface area (Å²) >= 11 is 0. The van der Waals surface area contributed by atoms with Gasteiger partial charge >= 0.3 is 5.97 Å². The minimum Gasteiger partial charge on any atom is -0.452 e. The second-order valence-corrected chi connectivity index (χ2v) is 1.63. The van der Waals surface area contributed by atoms with Gasteiger partial charge in [-0.3, -0.25) is 0 Å². The third-order valence-corrected chi connectivity index (χ3v) is 0.810. The second-order valence-electron chi connectivity index (χ2n) is 1.63. The molecule has 0 saturated carbocycles. The topological polar surface area (TPSA) is 46.5 Å². The maximum absolute atomic E-state index is 10.5. The van der Waals surface area contributed by atoms with Crippen LogP contribution in [0.3, 0.4) is 0 Å². The summed E-state index contributed by atoms with van der Waals surface area (Å²) in [7, 11) is 0. The van der Waals surface area contributed by atoms with Gasteiger partial charge in [0.1, 0.15) is 6.61 Å². The van der Waals surface area contributed by atoms with Gasteiger partial charge in [-0.1, -0.05) is 12.0 Å². The Kier molecular flexibility index (Phi) is 6.05. The Hall–Kier alpha value is -1.27. The molecule has 0 fully saturated rings. The van der Waals surface area contributed by atoms with E-state index in [2.05, 4.69) is 16.6 Å². The molecule has 0 aliphatic heterocycles. The molecule has 0 bridgehead atoms. The maximum atomic E-state index is 10.5. The lowest BCUT2D eigenvalue weighted by Gasteiger charge is -1.92. The smallest absolute Gasteiger partial charge is 0.384 e. The number of hydrogen-bond acceptors (Lipinski definition) is 3. The number of carbonyl (C=O) groups excluding carboxylic acids is 1. The van der Waals surface area contributed by atoms with Crippen molar-refractivity contribution in [3.05, 3.63) is 12.2 Å². The molecule has 3 nitrogen and oxygen atoms in total. The molecule has 0 aromatic carbocycles. The first-order valence-corrected chi connectivity index (χ1v) is 3.16. The number of aliphatic hydroxyl groups excluding tert-OH is 1. The lowest BCUT2D eigenvalue weighted by Crippen LogP contribution is -2.00. The normalized spacial score (nSPS) is 8.91. The van der Waals surface area contributed by atoms with E-state index in [9.17, 15) is 4.79 Å². The molecule has 0 spiro atoms. The van der Waals surface area contributed by atoms with Crippen molar-refractivity contribution < 1.29 is 14.6 Å². The van der Waals surface area contributed by atoms with Gasteiger partial charge in [0.25, 0.3) is 0 Å². The highest BCUT2D eigenvalue weighted by molar-refractivity contribution is 5.88. The molecule has 0 aromatic heterocycles. The molecule has 11 heavy (non-hydrogen) atoms. The largest absolute Gasteiger partial charge is 0.452 e. The van der Waals surface area contributed by atoms with Crippen molar-refractivity contribution in [1.82, 2.24) is 0 Å². The summed E-state index contributed by atoms with van der Waals surface area (Å²) in [6, 6.07) is 0. The van der Waals surface area contributed by atoms with Crippen molar-refractivity contribution in [2.75, 3.05) is 13.2 Å². The SMILES string of the molecule is CC#CC(=O)OCC=CCO. The summed E-state index contributed by atoms with van der Waals surface area (Å²) in [4.78, 5) is 10.5. The summed E-state index contributed by atoms with van der Waals surface area (Å²) in [5.41, 5.74) is 0. The predicted molar refractivity (Wildman–Crippen MR) is 40.6 cm³/mol. The Morgan fingerprint density at radius 2 is 2.36 bits per heavy atom. The van der Waals surface area contributed by atoms with Crippen molar-refractivity contribution in [3.63, 3.8) is 0 Å². The molecule has 60 valence electrons. The molecule has 0 radical (unpaired) electrons. The van der Waals surface area contributed by atoms with Crippen molar-refractivity contribution in [2.24, 2.45) is 0 Å². The summed E-state index contributed by atoms with van der Waals surface area (Å²) in [6.45, 7) is 1.68. The van der Waals surface area contributed by atoms with Crippen LogP contribution in [0.1, 0.15) is 6.92 Å². The summed E-state index contributed by atoms with van der Waals surface area (Å²) < 4.78 is 4.57. The number of aliphatic hydroxyl groups is 1. The molecule has 3 heteroatoms. The highest BCUT2D eigenvalue weighted by Gasteiger charge is 1.90. The van der Waals surface area contributed by atoms with Gasteiger partial charge in [0, 0.05) is 5.92 Å². The van der Waals surface area contributed by atoms with E-state index in [1.807, 2.05) is 0 Å². The summed E-state index contributed by atoms with van der Waals surface area (Å²) in [6.07, 6.45) is 3.04. The molecule has 0 unspecified atom stereocenters. The lowest BCUT2D eigenvalue weighted by atomic mass is 10.5. The van der Waals surface area contributed by atoms with Gasteiger partial charge in [-0.2, -0.15) is 0 Å². The first kappa shape index (κ1) is 9.73. The van der Waals surface area contributed by atoms with Gasteiger partial charge < -0.3 is 9.84 Å². The zero-order valence-corrected chi connectivity index (χ0v) is 6.33. The predicted octanol–water partition coefficient (Wildman–Crippen LogP) is 0.101. The van der Waals surface area contributed by atoms with Crippen molar-refractivity contribution in [2.45, 2.75) is 6.92 Å². The van der Waals surface area contributed by atoms with Crippen LogP contribution in [0.25, 0.3) is 0 Å². The van der Waals surface area contributed by atoms with Crippen LogP contribution in [-0.4, -0.2) is 24.3 Å². The molecule has 1 N–H and O–H groups in total. The van der Waals surface area contributed by atoms with Crippen LogP contribution in [0, 0.1) is 11.8 Å². The van der Waals surface area contributed by atoms with E-state index in [-0.39, 0.29) is 13.2 Å². The molecular formula is C8H10O3. The van der Waals surface area contributed by atoms with E-state index in [4.69, 9.17) is 5.11 Å². The summed E-state index contributed by atoms with van der Waals surface area (Å²) in [5.74, 6) is 4.08. The van der Waals surface area contributed by atoms with Gasteiger partial charge in [-0.05, 0) is 13.0 Å². The number of hydrogen-bond donors (Lipinski definition) is 1. The molecule has 0 aliphatic rings. The fourth-order valence-electron chi connectivity index (χ4n) is 0.405. The minimum atomic E-state index is -0.546. The quantitative estimate of drug-likeness (QED) is 0.271. The standard InChI is InChI=1S/C8H10O3/c1-2-5-8(10)11-7-4-3-6-9/h3-4,9H,6-7H2,1H3. The first-order chi connectivity index (χ1) is 5.31. The molecular weight excluding hydrogens is 144 g/mol. The molecule has 0 aliphatic carbocycles. The number of ether oxygens (including phenoxy) is 1. The zero-order chi connectivity index (χ0) is 8.53. The third kappa shape index (κ3) is 6.62. The monoisotopic (exact) mass is 154 g/mol. The van der Waals surface area contributed by atoms with Crippen LogP contribution < -0.4 is 0 Å². The second kappa shape index (κ2) is 6.84. The number of carbonyl (C=O) groups is 1. The molecule has 0 amide bonds. The van der Waals surface area contributed by atoms with Gasteiger partial charge in [0.05, 0.1) is 6.61 Å². The minimum absolute atomic E-state index is 0.0446. The van der Waals surface area contributed by atoms with Gasteiger partial charge in [-0.15, -0.1) is 0 Å². The van der Waals surface area contributed by atoms with Gasteiger partial charge in [0.2, 0.25) is 0 Å². The third-order valence-electron chi connectivity index (χ3n) is 0.810. The fraction of sp³-hybridized carbons (Fsp3) is 0.375. The Morgan fingerprint density at radius 1 is 1.64 bits per heavy atom. The Labute approximate surface area is 65.7 Å². The molecule has 0 aromatic rings. The molecule has 0 saturated heterocycles. The van der Waals surface area contributed by atoms with Crippen LogP contribution >= 0.6 is 0 Å². The van der Waals surface area contributed by atoms with E-state index in [1.54, 1.807) is 13.0 Å². The van der Waals surface area contributed by atoms with Crippen LogP contribution in [0.5, 0.6) is 0 Å². The molecule has 0 atom stereocenters. The van der Waals surface area contributed by atoms with Gasteiger partial charge in [0.15, 0.2) is 0 Å². The van der Waals surface area contributed by atoms with Crippen molar-refractivity contribution in [1.29, 1.82) is 0 Å². The Morgan fingerprint density at radius 3 is 2.91 bits per heavy atom. The highest BCUT2D eigenvalue weighted by atomic mass is 16.5. The van der Waals surface area contributed by atoms with Crippen LogP contribution in [-0.2, 0) is 9.53 Å². The Bertz CT molecular complexity index is 195. The summed E-state index contributed by atoms with van der Waals surface area (Å²) in [5, 5.41) is 8.28. The van der Waals surface area contributed by atoms with Crippen LogP contribution in [0.15, 0.2) is 12.2 Å². The average Bonchev–Trinajstić information content (AvgIpc) is 1.99. The van der Waals surface area contributed by atoms with E-state index in [1.165, 1.54) is 6.08 Å². The lowest BCUT2D eigenvalue weighted by molar-refractivity contribution is -0.135. The fourth-order valence-corrected chi connectivity index (χ4v) is 0.405. The molecule has 0 heterocycles. The zero-order valence-electron chi connectivity index (χ0n) is 6.33. The van der Waals surface area contributed by atoms with Gasteiger partial charge in [-0.25, -0.2) is 4.79 Å².